The summed E-state index contributed by atoms with van der Waals surface area (Å²) >= 11 is 6.08. The smallest absolute Gasteiger partial charge is 0.193 e. The number of nitrogens with one attached hydrogen (secondary N) is 1. The van der Waals surface area contributed by atoms with Crippen molar-refractivity contribution in [1.29, 1.82) is 0 Å². The largest absolute Gasteiger partial charge is 0.495 e. The highest BCUT2D eigenvalue weighted by molar-refractivity contribution is 6.32. The Morgan fingerprint density at radius 2 is 2.13 bits per heavy atom. The van der Waals surface area contributed by atoms with Crippen molar-refractivity contribution in [3.8, 4) is 5.75 Å². The highest BCUT2D eigenvalue weighted by Crippen LogP contribution is 2.27. The van der Waals surface area contributed by atoms with E-state index in [1.54, 1.807) is 25.4 Å². The van der Waals surface area contributed by atoms with Crippen molar-refractivity contribution >= 4 is 29.1 Å². The lowest BCUT2D eigenvalue weighted by molar-refractivity contribution is 0.415. The SMILES string of the molecule is COc1ccc(NC(N)=NCc2ccnc(N(C)C)c2)cc1Cl. The molecule has 3 N–H and O–H groups in total. The number of pyridine rings is 1. The number of guanidine groups is 1. The van der Waals surface area contributed by atoms with Crippen LogP contribution >= 0.6 is 11.6 Å². The molecule has 7 heteroatoms. The van der Waals surface area contributed by atoms with Gasteiger partial charge in [-0.1, -0.05) is 11.6 Å². The summed E-state index contributed by atoms with van der Waals surface area (Å²) in [5.74, 6) is 1.81. The Morgan fingerprint density at radius 1 is 1.35 bits per heavy atom. The van der Waals surface area contributed by atoms with E-state index in [9.17, 15) is 0 Å². The van der Waals surface area contributed by atoms with Crippen molar-refractivity contribution in [2.24, 2.45) is 10.7 Å². The van der Waals surface area contributed by atoms with Crippen molar-refractivity contribution in [2.45, 2.75) is 6.54 Å². The van der Waals surface area contributed by atoms with E-state index in [0.717, 1.165) is 17.1 Å². The van der Waals surface area contributed by atoms with Gasteiger partial charge in [0.05, 0.1) is 18.7 Å². The first-order valence-electron chi connectivity index (χ1n) is 7.02. The maximum Gasteiger partial charge on any atom is 0.193 e. The van der Waals surface area contributed by atoms with Crippen LogP contribution < -0.4 is 20.7 Å². The van der Waals surface area contributed by atoms with Gasteiger partial charge in [-0.25, -0.2) is 9.98 Å². The minimum absolute atomic E-state index is 0.314. The number of aliphatic imine (C=N–C) groups is 1. The molecule has 1 aromatic carbocycles. The summed E-state index contributed by atoms with van der Waals surface area (Å²) in [7, 11) is 5.46. The van der Waals surface area contributed by atoms with E-state index in [0.29, 0.717) is 23.3 Å². The minimum Gasteiger partial charge on any atom is -0.495 e. The van der Waals surface area contributed by atoms with Crippen LogP contribution in [0.15, 0.2) is 41.5 Å². The molecular weight excluding hydrogens is 314 g/mol. The van der Waals surface area contributed by atoms with Gasteiger partial charge in [0.15, 0.2) is 5.96 Å². The van der Waals surface area contributed by atoms with Crippen molar-refractivity contribution in [2.75, 3.05) is 31.4 Å². The molecule has 2 aromatic rings. The number of nitrogens with zero attached hydrogens (tertiary/aromatic N) is 3. The maximum atomic E-state index is 6.08. The molecule has 2 rings (SSSR count). The molecule has 0 spiro atoms. The average Bonchev–Trinajstić information content (AvgIpc) is 2.53. The molecule has 1 heterocycles. The number of nitrogens with two attached hydrogens (primary N) is 1. The van der Waals surface area contributed by atoms with Gasteiger partial charge in [0.25, 0.3) is 0 Å². The van der Waals surface area contributed by atoms with Crippen LogP contribution in [-0.2, 0) is 6.54 Å². The van der Waals surface area contributed by atoms with E-state index in [4.69, 9.17) is 22.1 Å². The molecule has 0 saturated heterocycles. The zero-order valence-electron chi connectivity index (χ0n) is 13.4. The van der Waals surface area contributed by atoms with Gasteiger partial charge in [-0.2, -0.15) is 0 Å². The number of hydrogen-bond acceptors (Lipinski definition) is 4. The second-order valence-corrected chi connectivity index (χ2v) is 5.50. The quantitative estimate of drug-likeness (QED) is 0.650. The molecule has 0 aliphatic heterocycles. The Hall–Kier alpha value is -2.47. The van der Waals surface area contributed by atoms with E-state index in [-0.39, 0.29) is 0 Å². The first kappa shape index (κ1) is 16.9. The molecule has 122 valence electrons. The number of ether oxygens (including phenoxy) is 1. The summed E-state index contributed by atoms with van der Waals surface area (Å²) in [5.41, 5.74) is 7.69. The van der Waals surface area contributed by atoms with Gasteiger partial charge in [-0.05, 0) is 35.9 Å². The number of benzene rings is 1. The molecule has 0 unspecified atom stereocenters. The van der Waals surface area contributed by atoms with Gasteiger partial charge in [0.2, 0.25) is 0 Å². The Morgan fingerprint density at radius 3 is 2.78 bits per heavy atom. The lowest BCUT2D eigenvalue weighted by Gasteiger charge is -2.11. The third-order valence-electron chi connectivity index (χ3n) is 3.12. The van der Waals surface area contributed by atoms with Gasteiger partial charge < -0.3 is 20.7 Å². The molecule has 23 heavy (non-hydrogen) atoms. The maximum absolute atomic E-state index is 6.08. The lowest BCUT2D eigenvalue weighted by atomic mass is 10.2. The highest BCUT2D eigenvalue weighted by Gasteiger charge is 2.03. The molecule has 0 amide bonds. The summed E-state index contributed by atoms with van der Waals surface area (Å²) in [5, 5.41) is 3.51. The molecule has 0 saturated carbocycles. The number of anilines is 2. The fraction of sp³-hybridized carbons (Fsp3) is 0.250. The predicted molar refractivity (Wildman–Crippen MR) is 95.5 cm³/mol. The van der Waals surface area contributed by atoms with Gasteiger partial charge in [-0.15, -0.1) is 0 Å². The molecule has 0 radical (unpaired) electrons. The number of rotatable bonds is 5. The summed E-state index contributed by atoms with van der Waals surface area (Å²) in [6.07, 6.45) is 1.76. The summed E-state index contributed by atoms with van der Waals surface area (Å²) < 4.78 is 5.11. The summed E-state index contributed by atoms with van der Waals surface area (Å²) in [4.78, 5) is 10.5. The first-order chi connectivity index (χ1) is 11.0. The molecule has 0 aliphatic carbocycles. The van der Waals surface area contributed by atoms with Crippen LogP contribution in [0.3, 0.4) is 0 Å². The molecule has 6 nitrogen and oxygen atoms in total. The zero-order chi connectivity index (χ0) is 16.8. The topological polar surface area (TPSA) is 75.8 Å². The van der Waals surface area contributed by atoms with Crippen molar-refractivity contribution < 1.29 is 4.74 Å². The Kier molecular flexibility index (Phi) is 5.65. The standard InChI is InChI=1S/C16H20ClN5O/c1-22(2)15-8-11(6-7-19-15)10-20-16(18)21-12-4-5-14(23-3)13(17)9-12/h4-9H,10H2,1-3H3,(H3,18,20,21). The van der Waals surface area contributed by atoms with Gasteiger partial charge >= 0.3 is 0 Å². The van der Waals surface area contributed by atoms with Crippen LogP contribution in [0.5, 0.6) is 5.75 Å². The van der Waals surface area contributed by atoms with Gasteiger partial charge in [-0.3, -0.25) is 0 Å². The van der Waals surface area contributed by atoms with Crippen molar-refractivity contribution in [1.82, 2.24) is 4.98 Å². The van der Waals surface area contributed by atoms with Crippen LogP contribution in [0.1, 0.15) is 5.56 Å². The van der Waals surface area contributed by atoms with Crippen LogP contribution in [-0.4, -0.2) is 32.1 Å². The molecule has 0 fully saturated rings. The monoisotopic (exact) mass is 333 g/mol. The van der Waals surface area contributed by atoms with Crippen LogP contribution in [0.25, 0.3) is 0 Å². The third kappa shape index (κ3) is 4.75. The normalized spacial score (nSPS) is 11.2. The summed E-state index contributed by atoms with van der Waals surface area (Å²) in [6.45, 7) is 0.464. The van der Waals surface area contributed by atoms with Crippen LogP contribution in [0, 0.1) is 0 Å². The fourth-order valence-electron chi connectivity index (χ4n) is 1.91. The number of methoxy groups -OCH3 is 1. The number of hydrogen-bond donors (Lipinski definition) is 2. The fourth-order valence-corrected chi connectivity index (χ4v) is 2.17. The third-order valence-corrected chi connectivity index (χ3v) is 3.42. The highest BCUT2D eigenvalue weighted by atomic mass is 35.5. The second-order valence-electron chi connectivity index (χ2n) is 5.09. The Balaban J connectivity index is 2.03. The van der Waals surface area contributed by atoms with Gasteiger partial charge in [0.1, 0.15) is 11.6 Å². The van der Waals surface area contributed by atoms with Crippen molar-refractivity contribution in [3.63, 3.8) is 0 Å². The molecule has 0 atom stereocenters. The minimum atomic E-state index is 0.314. The Labute approximate surface area is 140 Å². The van der Waals surface area contributed by atoms with Gasteiger partial charge in [0, 0.05) is 26.0 Å². The zero-order valence-corrected chi connectivity index (χ0v) is 14.1. The van der Waals surface area contributed by atoms with Crippen molar-refractivity contribution in [3.05, 3.63) is 47.1 Å². The van der Waals surface area contributed by atoms with E-state index in [1.165, 1.54) is 0 Å². The van der Waals surface area contributed by atoms with Crippen LogP contribution in [0.2, 0.25) is 5.02 Å². The number of aromatic nitrogens is 1. The summed E-state index contributed by atoms with van der Waals surface area (Å²) in [6, 6.07) is 9.21. The second kappa shape index (κ2) is 7.69. The molecule has 0 aliphatic rings. The molecule has 1 aromatic heterocycles. The van der Waals surface area contributed by atoms with E-state index in [1.807, 2.05) is 37.2 Å². The predicted octanol–water partition coefficient (Wildman–Crippen LogP) is 2.74. The average molecular weight is 334 g/mol. The van der Waals surface area contributed by atoms with Crippen LogP contribution in [0.4, 0.5) is 11.5 Å². The lowest BCUT2D eigenvalue weighted by Crippen LogP contribution is -2.22. The van der Waals surface area contributed by atoms with E-state index >= 15 is 0 Å². The van der Waals surface area contributed by atoms with E-state index < -0.39 is 0 Å². The first-order valence-corrected chi connectivity index (χ1v) is 7.40. The number of halogens is 1. The van der Waals surface area contributed by atoms with E-state index in [2.05, 4.69) is 15.3 Å². The Bertz CT molecular complexity index is 703. The molecular formula is C16H20ClN5O. The molecule has 0 bridgehead atoms.